The van der Waals surface area contributed by atoms with Crippen molar-refractivity contribution in [3.63, 3.8) is 0 Å². The van der Waals surface area contributed by atoms with Crippen molar-refractivity contribution in [3.05, 3.63) is 47.5 Å². The summed E-state index contributed by atoms with van der Waals surface area (Å²) in [7, 11) is -17.0. The molecule has 2 atom stereocenters. The largest absolute Gasteiger partial charge is 1.00 e. The Morgan fingerprint density at radius 1 is 0.632 bits per heavy atom. The zero-order valence-electron chi connectivity index (χ0n) is 37.4. The number of hydrogen-bond acceptors (Lipinski definition) is 27. The Morgan fingerprint density at radius 3 is 1.57 bits per heavy atom. The summed E-state index contributed by atoms with van der Waals surface area (Å²) in [5, 5.41) is 51.3. The smallest absolute Gasteiger partial charge is 0.748 e. The number of hydrogen-bond donors (Lipinski definition) is 9. The minimum atomic E-state index is -5.28. The van der Waals surface area contributed by atoms with E-state index in [-0.39, 0.29) is 283 Å². The third-order valence-electron chi connectivity index (χ3n) is 8.22. The molecule has 2 unspecified atom stereocenters. The molecule has 0 amide bonds. The molecule has 4 rings (SSSR count). The number of nitrogens with zero attached hydrogens (tertiary/aromatic N) is 7. The molecule has 0 aliphatic rings. The molecule has 352 valence electrons. The maximum atomic E-state index is 12.5. The van der Waals surface area contributed by atoms with E-state index < -0.39 is 93.7 Å². The molecule has 0 bridgehead atoms. The summed E-state index contributed by atoms with van der Waals surface area (Å²) < 4.78 is 143. The van der Waals surface area contributed by atoms with Crippen LogP contribution < -0.4 is 242 Å². The van der Waals surface area contributed by atoms with Gasteiger partial charge >= 0.3 is 223 Å². The van der Waals surface area contributed by atoms with Crippen LogP contribution >= 0.6 is 0 Å². The van der Waals surface area contributed by atoms with E-state index in [9.17, 15) is 67.2 Å². The Labute approximate surface area is 561 Å². The molecule has 0 radical (unpaired) electrons. The fourth-order valence-corrected chi connectivity index (χ4v) is 7.27. The van der Waals surface area contributed by atoms with Crippen LogP contribution in [-0.4, -0.2) is 167 Å². The van der Waals surface area contributed by atoms with Crippen LogP contribution in [-0.2, 0) is 47.5 Å². The SMILES string of the molecule is CN(CC(O)CO)c1nc(NCCS(=O)(=O)[O-])nc(Nc2ccc(C=Cc3ccc(Nc4nc(NCC(O)CO)nc(NCCS(=O)(=O)[O-])[n+]4C)cc3S(=O)(=O)[O-])c(S(=O)(=O)[O-])c2)n1.[K+].[K+].[K+].[K+]. The molecule has 0 spiro atoms. The van der Waals surface area contributed by atoms with Crippen molar-refractivity contribution < 1.29 is 282 Å². The number of aliphatic hydroxyl groups excluding tert-OH is 4. The van der Waals surface area contributed by atoms with Crippen molar-refractivity contribution in [2.24, 2.45) is 7.05 Å². The van der Waals surface area contributed by atoms with Crippen molar-refractivity contribution in [1.82, 2.24) is 24.9 Å². The van der Waals surface area contributed by atoms with Crippen LogP contribution in [0, 0.1) is 0 Å². The summed E-state index contributed by atoms with van der Waals surface area (Å²) in [5.41, 5.74) is -0.678. The van der Waals surface area contributed by atoms with Crippen molar-refractivity contribution in [2.75, 3.05) is 89.4 Å². The minimum absolute atomic E-state index is 0. The molecular formula is C32H41K4N12O16S4+. The summed E-state index contributed by atoms with van der Waals surface area (Å²) in [4.78, 5) is 20.3. The Balaban J connectivity index is 0.0000112. The Morgan fingerprint density at radius 2 is 1.09 bits per heavy atom. The van der Waals surface area contributed by atoms with Crippen molar-refractivity contribution >= 4 is 99.7 Å². The van der Waals surface area contributed by atoms with Gasteiger partial charge in [-0.25, -0.2) is 38.2 Å². The number of aromatic nitrogens is 6. The van der Waals surface area contributed by atoms with Gasteiger partial charge in [-0.05, 0) is 35.4 Å². The van der Waals surface area contributed by atoms with Gasteiger partial charge in [-0.3, -0.25) is 5.32 Å². The molecule has 28 nitrogen and oxygen atoms in total. The van der Waals surface area contributed by atoms with E-state index in [1.54, 1.807) is 0 Å². The Kier molecular flexibility index (Phi) is 31.6. The number of anilines is 8. The van der Waals surface area contributed by atoms with Gasteiger partial charge < -0.3 is 64.8 Å². The van der Waals surface area contributed by atoms with E-state index in [1.807, 2.05) is 0 Å². The van der Waals surface area contributed by atoms with E-state index in [1.165, 1.54) is 35.7 Å². The van der Waals surface area contributed by atoms with Gasteiger partial charge in [-0.15, -0.1) is 0 Å². The molecule has 36 heteroatoms. The average Bonchev–Trinajstić information content (AvgIpc) is 3.19. The van der Waals surface area contributed by atoms with E-state index in [0.29, 0.717) is 0 Å². The second kappa shape index (κ2) is 31.2. The normalized spacial score (nSPS) is 12.6. The van der Waals surface area contributed by atoms with E-state index in [2.05, 4.69) is 51.5 Å². The first-order chi connectivity index (χ1) is 29.7. The molecule has 4 aromatic rings. The first kappa shape index (κ1) is 69.0. The van der Waals surface area contributed by atoms with Gasteiger partial charge in [0.25, 0.3) is 0 Å². The fraction of sp³-hybridized carbons (Fsp3) is 0.375. The van der Waals surface area contributed by atoms with Gasteiger partial charge in [-0.2, -0.15) is 15.0 Å². The molecule has 2 heterocycles. The first-order valence-electron chi connectivity index (χ1n) is 18.1. The van der Waals surface area contributed by atoms with Crippen molar-refractivity contribution in [2.45, 2.75) is 22.0 Å². The van der Waals surface area contributed by atoms with Gasteiger partial charge in [0.15, 0.2) is 0 Å². The molecule has 0 aliphatic heterocycles. The fourth-order valence-electron chi connectivity index (χ4n) is 5.17. The predicted octanol–water partition coefficient (Wildman–Crippen LogP) is -15.6. The number of rotatable bonds is 24. The molecule has 0 saturated heterocycles. The predicted molar refractivity (Wildman–Crippen MR) is 221 cm³/mol. The monoisotopic (exact) mass is 1130 g/mol. The zero-order chi connectivity index (χ0) is 47.6. The maximum Gasteiger partial charge on any atom is 1.00 e. The van der Waals surface area contributed by atoms with Gasteiger partial charge in [-0.1, -0.05) is 34.3 Å². The summed E-state index contributed by atoms with van der Waals surface area (Å²) in [5.74, 6) is -2.74. The number of nitrogens with one attached hydrogen (secondary N) is 5. The Bertz CT molecular complexity index is 2810. The number of likely N-dealkylation sites (N-methyl/N-ethyl adjacent to an activating group) is 1. The number of aliphatic hydroxyl groups is 4. The van der Waals surface area contributed by atoms with Crippen LogP contribution in [0.2, 0.25) is 0 Å². The minimum Gasteiger partial charge on any atom is -0.748 e. The van der Waals surface area contributed by atoms with Gasteiger partial charge in [0, 0.05) is 39.4 Å². The molecule has 2 aromatic carbocycles. The second-order valence-electron chi connectivity index (χ2n) is 13.3. The molecule has 0 fully saturated rings. The van der Waals surface area contributed by atoms with Crippen LogP contribution in [0.15, 0.2) is 46.2 Å². The van der Waals surface area contributed by atoms with Crippen LogP contribution in [0.25, 0.3) is 12.2 Å². The van der Waals surface area contributed by atoms with Gasteiger partial charge in [0.05, 0.1) is 79.2 Å². The summed E-state index contributed by atoms with van der Waals surface area (Å²) in [6.07, 6.45) is -0.383. The third-order valence-corrected chi connectivity index (χ3v) is 11.4. The maximum absolute atomic E-state index is 12.5. The topological polar surface area (TPSA) is 441 Å². The summed E-state index contributed by atoms with van der Waals surface area (Å²) in [6.45, 7) is -2.50. The van der Waals surface area contributed by atoms with E-state index in [0.717, 1.165) is 36.4 Å². The van der Waals surface area contributed by atoms with Crippen LogP contribution in [0.1, 0.15) is 11.1 Å². The van der Waals surface area contributed by atoms with Crippen LogP contribution in [0.3, 0.4) is 0 Å². The van der Waals surface area contributed by atoms with Gasteiger partial charge in [0.2, 0.25) is 17.8 Å². The second-order valence-corrected chi connectivity index (χ2v) is 19.1. The molecule has 2 aromatic heterocycles. The van der Waals surface area contributed by atoms with Gasteiger partial charge in [0.1, 0.15) is 20.2 Å². The van der Waals surface area contributed by atoms with Crippen molar-refractivity contribution in [1.29, 1.82) is 0 Å². The molecule has 68 heavy (non-hydrogen) atoms. The standard InChI is InChI=1S/C32H44N12O16S4.4K/c1-43(16-24(48)18-46)31-40-27(33-9-11-61(49,50)51)38-29(42-31)36-21-7-5-19(25(13-21)63(55,56)57)3-4-20-6-8-22(14-26(20)64(58,59)60)37-32-41-28(35-15-23(47)17-45)39-30(44(32)2)34-10-12-62(52,53)54;;;;/h3-8,13-14,23-24,45-48H,9-12,15-18H2,1-2H3,(H8,33,34,35,36,37,38,39,40,41,42,49,50,51,52,53,54,55,56,57,58,59,60);;;;/q;4*+1/p-3. The number of benzene rings is 2. The first-order valence-corrected chi connectivity index (χ1v) is 24.1. The molecule has 0 aliphatic carbocycles. The van der Waals surface area contributed by atoms with E-state index >= 15 is 0 Å². The zero-order valence-corrected chi connectivity index (χ0v) is 53.1. The summed E-state index contributed by atoms with van der Waals surface area (Å²) >= 11 is 0. The third kappa shape index (κ3) is 23.7. The van der Waals surface area contributed by atoms with Crippen LogP contribution in [0.5, 0.6) is 0 Å². The quantitative estimate of drug-likeness (QED) is 0.0136. The Hall–Kier alpha value is 1.03. The molecule has 9 N–H and O–H groups in total. The van der Waals surface area contributed by atoms with Crippen LogP contribution in [0.4, 0.5) is 47.1 Å². The van der Waals surface area contributed by atoms with E-state index in [4.69, 9.17) is 5.11 Å². The van der Waals surface area contributed by atoms with Crippen molar-refractivity contribution in [3.8, 4) is 0 Å². The molecular weight excluding hydrogens is 1090 g/mol. The average molecular weight is 1130 g/mol. The summed E-state index contributed by atoms with van der Waals surface area (Å²) in [6, 6.07) is 6.67. The molecule has 0 saturated carbocycles.